The summed E-state index contributed by atoms with van der Waals surface area (Å²) in [7, 11) is 0. The normalized spacial score (nSPS) is 12.2. The van der Waals surface area contributed by atoms with Crippen molar-refractivity contribution in [1.82, 2.24) is 4.98 Å². The molecule has 0 saturated carbocycles. The summed E-state index contributed by atoms with van der Waals surface area (Å²) in [6, 6.07) is 3.04. The number of pyridine rings is 1. The van der Waals surface area contributed by atoms with Gasteiger partial charge in [-0.15, -0.1) is 0 Å². The van der Waals surface area contributed by atoms with Crippen molar-refractivity contribution in [3.63, 3.8) is 0 Å². The summed E-state index contributed by atoms with van der Waals surface area (Å²) in [4.78, 5) is 13.8. The van der Waals surface area contributed by atoms with Gasteiger partial charge in [-0.25, -0.2) is 0 Å². The molecule has 0 amide bonds. The minimum absolute atomic E-state index is 0.0306. The summed E-state index contributed by atoms with van der Waals surface area (Å²) in [5.41, 5.74) is 5.70. The fraction of sp³-hybridized carbons (Fsp3) is 0.444. The van der Waals surface area contributed by atoms with E-state index in [0.717, 1.165) is 0 Å². The van der Waals surface area contributed by atoms with E-state index < -0.39 is 11.0 Å². The highest BCUT2D eigenvalue weighted by Gasteiger charge is 2.18. The molecule has 16 heavy (non-hydrogen) atoms. The van der Waals surface area contributed by atoms with Crippen LogP contribution in [0.2, 0.25) is 0 Å². The number of nitrogens with two attached hydrogens (primary N) is 1. The molecule has 7 nitrogen and oxygen atoms in total. The summed E-state index contributed by atoms with van der Waals surface area (Å²) < 4.78 is 5.07. The zero-order chi connectivity index (χ0) is 12.1. The SMILES string of the molecule is Cc1ccc(OCC(O)CN)c([N+](=O)[O-])n1. The molecule has 1 aromatic rings. The predicted octanol–water partition coefficient (Wildman–Crippen LogP) is -0.00338. The van der Waals surface area contributed by atoms with Crippen molar-refractivity contribution in [2.24, 2.45) is 5.73 Å². The van der Waals surface area contributed by atoms with E-state index in [1.165, 1.54) is 6.07 Å². The minimum atomic E-state index is -0.846. The van der Waals surface area contributed by atoms with Gasteiger partial charge < -0.3 is 25.7 Å². The summed E-state index contributed by atoms with van der Waals surface area (Å²) in [5, 5.41) is 19.8. The Balaban J connectivity index is 2.82. The molecule has 1 rings (SSSR count). The van der Waals surface area contributed by atoms with Crippen LogP contribution in [0.4, 0.5) is 5.82 Å². The highest BCUT2D eigenvalue weighted by atomic mass is 16.6. The Labute approximate surface area is 92.0 Å². The smallest absolute Gasteiger partial charge is 0.406 e. The highest BCUT2D eigenvalue weighted by molar-refractivity contribution is 5.40. The second-order valence-electron chi connectivity index (χ2n) is 3.23. The fourth-order valence-electron chi connectivity index (χ4n) is 1.03. The van der Waals surface area contributed by atoms with E-state index in [0.29, 0.717) is 5.69 Å². The lowest BCUT2D eigenvalue weighted by Gasteiger charge is -2.09. The molecule has 3 N–H and O–H groups in total. The van der Waals surface area contributed by atoms with Crippen LogP contribution in [-0.4, -0.2) is 34.3 Å². The molecule has 1 unspecified atom stereocenters. The van der Waals surface area contributed by atoms with Crippen molar-refractivity contribution in [2.45, 2.75) is 13.0 Å². The van der Waals surface area contributed by atoms with Gasteiger partial charge in [0.05, 0.1) is 0 Å². The lowest BCUT2D eigenvalue weighted by Crippen LogP contribution is -2.26. The number of aryl methyl sites for hydroxylation is 1. The summed E-state index contributed by atoms with van der Waals surface area (Å²) in [6.45, 7) is 1.58. The number of nitrogens with zero attached hydrogens (tertiary/aromatic N) is 2. The molecule has 0 fully saturated rings. The molecular weight excluding hydrogens is 214 g/mol. The molecule has 0 spiro atoms. The second-order valence-corrected chi connectivity index (χ2v) is 3.23. The standard InChI is InChI=1S/C9H13N3O4/c1-6-2-3-8(9(11-6)12(14)15)16-5-7(13)4-10/h2-3,7,13H,4-5,10H2,1H3. The van der Waals surface area contributed by atoms with Crippen LogP contribution in [0, 0.1) is 17.0 Å². The molecule has 0 aliphatic rings. The predicted molar refractivity (Wildman–Crippen MR) is 56.2 cm³/mol. The lowest BCUT2D eigenvalue weighted by molar-refractivity contribution is -0.390. The Morgan fingerprint density at radius 2 is 2.38 bits per heavy atom. The molecular formula is C9H13N3O4. The van der Waals surface area contributed by atoms with E-state index in [2.05, 4.69) is 4.98 Å². The van der Waals surface area contributed by atoms with Crippen LogP contribution in [0.25, 0.3) is 0 Å². The van der Waals surface area contributed by atoms with Gasteiger partial charge in [-0.05, 0) is 22.0 Å². The molecule has 7 heteroatoms. The Bertz CT molecular complexity index is 383. The monoisotopic (exact) mass is 227 g/mol. The molecule has 0 aliphatic heterocycles. The van der Waals surface area contributed by atoms with Crippen molar-refractivity contribution in [2.75, 3.05) is 13.2 Å². The first-order valence-corrected chi connectivity index (χ1v) is 4.67. The van der Waals surface area contributed by atoms with Crippen molar-refractivity contribution in [3.8, 4) is 5.75 Å². The topological polar surface area (TPSA) is 112 Å². The molecule has 1 aromatic heterocycles. The third-order valence-electron chi connectivity index (χ3n) is 1.85. The van der Waals surface area contributed by atoms with Crippen LogP contribution < -0.4 is 10.5 Å². The van der Waals surface area contributed by atoms with E-state index in [1.54, 1.807) is 13.0 Å². The van der Waals surface area contributed by atoms with E-state index >= 15 is 0 Å². The Morgan fingerprint density at radius 1 is 1.69 bits per heavy atom. The van der Waals surface area contributed by atoms with Crippen molar-refractivity contribution in [1.29, 1.82) is 0 Å². The van der Waals surface area contributed by atoms with E-state index in [4.69, 9.17) is 15.6 Å². The molecule has 0 aliphatic carbocycles. The average Bonchev–Trinajstić information content (AvgIpc) is 2.26. The number of aliphatic hydroxyl groups is 1. The zero-order valence-electron chi connectivity index (χ0n) is 8.79. The molecule has 0 saturated heterocycles. The molecule has 88 valence electrons. The quantitative estimate of drug-likeness (QED) is 0.540. The number of rotatable bonds is 5. The van der Waals surface area contributed by atoms with E-state index in [-0.39, 0.29) is 24.7 Å². The van der Waals surface area contributed by atoms with Crippen molar-refractivity contribution < 1.29 is 14.8 Å². The summed E-state index contributed by atoms with van der Waals surface area (Å²) in [6.07, 6.45) is -0.846. The van der Waals surface area contributed by atoms with Crippen LogP contribution in [0.3, 0.4) is 0 Å². The third-order valence-corrected chi connectivity index (χ3v) is 1.85. The number of hydrogen-bond acceptors (Lipinski definition) is 6. The van der Waals surface area contributed by atoms with Gasteiger partial charge >= 0.3 is 5.82 Å². The maximum absolute atomic E-state index is 10.7. The Kier molecular flexibility index (Phi) is 4.15. The third kappa shape index (κ3) is 3.14. The lowest BCUT2D eigenvalue weighted by atomic mass is 10.3. The van der Waals surface area contributed by atoms with Crippen LogP contribution in [0.5, 0.6) is 5.75 Å². The Hall–Kier alpha value is -1.73. The first-order valence-electron chi connectivity index (χ1n) is 4.67. The van der Waals surface area contributed by atoms with Gasteiger partial charge in [-0.3, -0.25) is 0 Å². The molecule has 1 heterocycles. The highest BCUT2D eigenvalue weighted by Crippen LogP contribution is 2.24. The number of aromatic nitrogens is 1. The number of hydrogen-bond donors (Lipinski definition) is 2. The van der Waals surface area contributed by atoms with Crippen molar-refractivity contribution >= 4 is 5.82 Å². The number of aliphatic hydroxyl groups excluding tert-OH is 1. The number of ether oxygens (including phenoxy) is 1. The number of nitro groups is 1. The second kappa shape index (κ2) is 5.38. The van der Waals surface area contributed by atoms with Gasteiger partial charge in [0.2, 0.25) is 5.75 Å². The summed E-state index contributed by atoms with van der Waals surface area (Å²) in [5.74, 6) is -0.327. The summed E-state index contributed by atoms with van der Waals surface area (Å²) >= 11 is 0. The molecule has 0 bridgehead atoms. The maximum Gasteiger partial charge on any atom is 0.406 e. The molecule has 0 aromatic carbocycles. The van der Waals surface area contributed by atoms with Gasteiger partial charge in [0.25, 0.3) is 0 Å². The van der Waals surface area contributed by atoms with Gasteiger partial charge in [-0.1, -0.05) is 0 Å². The maximum atomic E-state index is 10.7. The van der Waals surface area contributed by atoms with Crippen LogP contribution in [0.15, 0.2) is 12.1 Å². The zero-order valence-corrected chi connectivity index (χ0v) is 8.79. The molecule has 0 radical (unpaired) electrons. The van der Waals surface area contributed by atoms with Gasteiger partial charge in [0, 0.05) is 13.5 Å². The van der Waals surface area contributed by atoms with Crippen LogP contribution in [0.1, 0.15) is 5.69 Å². The van der Waals surface area contributed by atoms with E-state index in [9.17, 15) is 10.1 Å². The van der Waals surface area contributed by atoms with Crippen molar-refractivity contribution in [3.05, 3.63) is 27.9 Å². The van der Waals surface area contributed by atoms with Gasteiger partial charge in [-0.2, -0.15) is 0 Å². The van der Waals surface area contributed by atoms with Gasteiger partial charge in [0.15, 0.2) is 0 Å². The van der Waals surface area contributed by atoms with E-state index in [1.807, 2.05) is 0 Å². The first-order chi connectivity index (χ1) is 7.54. The minimum Gasteiger partial charge on any atom is -0.483 e. The Morgan fingerprint density at radius 3 is 2.94 bits per heavy atom. The largest absolute Gasteiger partial charge is 0.483 e. The first kappa shape index (κ1) is 12.3. The molecule has 1 atom stereocenters. The van der Waals surface area contributed by atoms with Crippen LogP contribution in [-0.2, 0) is 0 Å². The van der Waals surface area contributed by atoms with Gasteiger partial charge in [0.1, 0.15) is 18.4 Å². The average molecular weight is 227 g/mol. The fourth-order valence-corrected chi connectivity index (χ4v) is 1.03. The van der Waals surface area contributed by atoms with Crippen LogP contribution >= 0.6 is 0 Å².